The predicted octanol–water partition coefficient (Wildman–Crippen LogP) is 3.18. The quantitative estimate of drug-likeness (QED) is 0.590. The number of benzene rings is 1. The molecule has 1 atom stereocenters. The molecule has 0 spiro atoms. The Balaban J connectivity index is 1.76. The first kappa shape index (κ1) is 24.3. The third kappa shape index (κ3) is 5.16. The van der Waals surface area contributed by atoms with E-state index in [0.717, 1.165) is 5.56 Å². The number of nitrogens with zero attached hydrogens (tertiary/aromatic N) is 1. The van der Waals surface area contributed by atoms with Gasteiger partial charge in [-0.25, -0.2) is 13.2 Å². The van der Waals surface area contributed by atoms with Crippen molar-refractivity contribution in [3.63, 3.8) is 0 Å². The second kappa shape index (κ2) is 10.1. The molecule has 0 aliphatic carbocycles. The molecule has 174 valence electrons. The fourth-order valence-electron chi connectivity index (χ4n) is 3.97. The number of ether oxygens (including phenoxy) is 1. The molecule has 1 aromatic carbocycles. The second-order valence-electron chi connectivity index (χ2n) is 7.85. The summed E-state index contributed by atoms with van der Waals surface area (Å²) in [7, 11) is -4.00. The van der Waals surface area contributed by atoms with Crippen molar-refractivity contribution >= 4 is 33.5 Å². The molecule has 1 amide bonds. The molecule has 0 radical (unpaired) electrons. The number of aromatic nitrogens is 1. The number of aryl methyl sites for hydroxylation is 2. The van der Waals surface area contributed by atoms with Gasteiger partial charge in [0, 0.05) is 36.0 Å². The van der Waals surface area contributed by atoms with Crippen molar-refractivity contribution in [2.24, 2.45) is 5.92 Å². The number of halogens is 1. The average Bonchev–Trinajstić information content (AvgIpc) is 3.07. The number of esters is 1. The summed E-state index contributed by atoms with van der Waals surface area (Å²) in [4.78, 5) is 28.1. The van der Waals surface area contributed by atoms with Crippen LogP contribution >= 0.6 is 11.6 Å². The third-order valence-corrected chi connectivity index (χ3v) is 7.82. The Bertz CT molecular complexity index is 1100. The zero-order valence-electron chi connectivity index (χ0n) is 18.4. The van der Waals surface area contributed by atoms with Gasteiger partial charge in [0.15, 0.2) is 0 Å². The van der Waals surface area contributed by atoms with Crippen LogP contribution in [0.1, 0.15) is 47.1 Å². The molecule has 2 aromatic rings. The van der Waals surface area contributed by atoms with Crippen LogP contribution in [0.3, 0.4) is 0 Å². The van der Waals surface area contributed by atoms with Crippen LogP contribution in [0.5, 0.6) is 0 Å². The van der Waals surface area contributed by atoms with E-state index in [4.69, 9.17) is 16.3 Å². The molecule has 32 heavy (non-hydrogen) atoms. The maximum Gasteiger partial charge on any atom is 0.341 e. The SMILES string of the molecule is CCOC(=O)c1c(C)[nH]c(C)c1S(=O)(=O)N1CCC[C@@H](C(=O)NCc2ccc(Cl)cc2)C1. The molecule has 10 heteroatoms. The molecule has 1 aliphatic rings. The summed E-state index contributed by atoms with van der Waals surface area (Å²) in [5.41, 5.74) is 1.74. The zero-order valence-corrected chi connectivity index (χ0v) is 20.0. The van der Waals surface area contributed by atoms with E-state index in [0.29, 0.717) is 35.8 Å². The number of nitrogens with one attached hydrogen (secondary N) is 2. The Morgan fingerprint density at radius 1 is 1.22 bits per heavy atom. The van der Waals surface area contributed by atoms with Gasteiger partial charge in [0.2, 0.25) is 15.9 Å². The van der Waals surface area contributed by atoms with E-state index < -0.39 is 21.9 Å². The molecular weight excluding hydrogens is 454 g/mol. The molecule has 1 fully saturated rings. The number of carbonyl (C=O) groups excluding carboxylic acids is 2. The van der Waals surface area contributed by atoms with E-state index in [9.17, 15) is 18.0 Å². The molecule has 0 saturated carbocycles. The van der Waals surface area contributed by atoms with E-state index in [2.05, 4.69) is 10.3 Å². The predicted molar refractivity (Wildman–Crippen MR) is 121 cm³/mol. The van der Waals surface area contributed by atoms with Gasteiger partial charge < -0.3 is 15.0 Å². The lowest BCUT2D eigenvalue weighted by molar-refractivity contribution is -0.126. The highest BCUT2D eigenvalue weighted by Crippen LogP contribution is 2.30. The van der Waals surface area contributed by atoms with Gasteiger partial charge in [-0.15, -0.1) is 0 Å². The Labute approximate surface area is 193 Å². The number of rotatable bonds is 7. The van der Waals surface area contributed by atoms with Crippen LogP contribution in [0, 0.1) is 19.8 Å². The molecular formula is C22H28ClN3O5S. The van der Waals surface area contributed by atoms with Crippen LogP contribution in [-0.2, 0) is 26.1 Å². The van der Waals surface area contributed by atoms with E-state index in [1.165, 1.54) is 4.31 Å². The first-order chi connectivity index (χ1) is 15.1. The number of hydrogen-bond acceptors (Lipinski definition) is 5. The minimum atomic E-state index is -4.00. The number of carbonyl (C=O) groups is 2. The molecule has 2 N–H and O–H groups in total. The smallest absolute Gasteiger partial charge is 0.341 e. The summed E-state index contributed by atoms with van der Waals surface area (Å²) in [6.45, 7) is 5.74. The van der Waals surface area contributed by atoms with E-state index in [1.807, 2.05) is 12.1 Å². The first-order valence-electron chi connectivity index (χ1n) is 10.5. The van der Waals surface area contributed by atoms with Crippen molar-refractivity contribution in [2.45, 2.75) is 45.1 Å². The molecule has 2 heterocycles. The maximum atomic E-state index is 13.5. The summed E-state index contributed by atoms with van der Waals surface area (Å²) in [5, 5.41) is 3.49. The maximum absolute atomic E-state index is 13.5. The number of amides is 1. The Morgan fingerprint density at radius 2 is 1.91 bits per heavy atom. The van der Waals surface area contributed by atoms with Crippen molar-refractivity contribution in [2.75, 3.05) is 19.7 Å². The van der Waals surface area contributed by atoms with Gasteiger partial charge in [-0.1, -0.05) is 23.7 Å². The normalized spacial score (nSPS) is 17.2. The summed E-state index contributed by atoms with van der Waals surface area (Å²) in [6, 6.07) is 7.16. The number of sulfonamides is 1. The highest BCUT2D eigenvalue weighted by atomic mass is 35.5. The second-order valence-corrected chi connectivity index (χ2v) is 10.2. The Morgan fingerprint density at radius 3 is 2.56 bits per heavy atom. The highest BCUT2D eigenvalue weighted by molar-refractivity contribution is 7.89. The van der Waals surface area contributed by atoms with Crippen LogP contribution in [0.2, 0.25) is 5.02 Å². The lowest BCUT2D eigenvalue weighted by Gasteiger charge is -2.31. The molecule has 8 nitrogen and oxygen atoms in total. The van der Waals surface area contributed by atoms with Crippen LogP contribution < -0.4 is 5.32 Å². The van der Waals surface area contributed by atoms with Crippen molar-refractivity contribution in [1.29, 1.82) is 0 Å². The van der Waals surface area contributed by atoms with E-state index in [-0.39, 0.29) is 36.1 Å². The van der Waals surface area contributed by atoms with Gasteiger partial charge in [0.05, 0.1) is 12.5 Å². The molecule has 0 unspecified atom stereocenters. The topological polar surface area (TPSA) is 109 Å². The summed E-state index contributed by atoms with van der Waals surface area (Å²) in [6.07, 6.45) is 1.14. The largest absolute Gasteiger partial charge is 0.462 e. The molecule has 0 bridgehead atoms. The lowest BCUT2D eigenvalue weighted by Crippen LogP contribution is -2.45. The fourth-order valence-corrected chi connectivity index (χ4v) is 6.03. The van der Waals surface area contributed by atoms with Crippen molar-refractivity contribution < 1.29 is 22.7 Å². The van der Waals surface area contributed by atoms with Gasteiger partial charge in [-0.2, -0.15) is 4.31 Å². The van der Waals surface area contributed by atoms with Gasteiger partial charge in [-0.3, -0.25) is 4.79 Å². The van der Waals surface area contributed by atoms with Gasteiger partial charge >= 0.3 is 5.97 Å². The molecule has 1 aliphatic heterocycles. The van der Waals surface area contributed by atoms with Crippen LogP contribution in [-0.4, -0.2) is 49.3 Å². The zero-order chi connectivity index (χ0) is 23.5. The molecule has 1 saturated heterocycles. The van der Waals surface area contributed by atoms with Crippen molar-refractivity contribution in [3.8, 4) is 0 Å². The Kier molecular flexibility index (Phi) is 7.63. The number of aromatic amines is 1. The summed E-state index contributed by atoms with van der Waals surface area (Å²) in [5.74, 6) is -1.35. The standard InChI is InChI=1S/C22H28ClN3O5S/c1-4-31-22(28)19-14(2)25-15(3)20(19)32(29,30)26-11-5-6-17(13-26)21(27)24-12-16-7-9-18(23)10-8-16/h7-10,17,25H,4-6,11-13H2,1-3H3,(H,24,27)/t17-/m1/s1. The third-order valence-electron chi connectivity index (χ3n) is 5.53. The monoisotopic (exact) mass is 481 g/mol. The summed E-state index contributed by atoms with van der Waals surface area (Å²) >= 11 is 5.89. The van der Waals surface area contributed by atoms with Crippen molar-refractivity contribution in [3.05, 3.63) is 51.8 Å². The number of H-pyrrole nitrogens is 1. The Hall–Kier alpha value is -2.36. The first-order valence-corrected chi connectivity index (χ1v) is 12.4. The van der Waals surface area contributed by atoms with Crippen LogP contribution in [0.25, 0.3) is 0 Å². The highest BCUT2D eigenvalue weighted by Gasteiger charge is 2.38. The van der Waals surface area contributed by atoms with Crippen LogP contribution in [0.4, 0.5) is 0 Å². The summed E-state index contributed by atoms with van der Waals surface area (Å²) < 4.78 is 33.3. The van der Waals surface area contributed by atoms with Crippen molar-refractivity contribution in [1.82, 2.24) is 14.6 Å². The van der Waals surface area contributed by atoms with E-state index >= 15 is 0 Å². The van der Waals surface area contributed by atoms with Gasteiger partial charge in [-0.05, 0) is 51.3 Å². The molecule has 3 rings (SSSR count). The van der Waals surface area contributed by atoms with E-state index in [1.54, 1.807) is 32.9 Å². The average molecular weight is 482 g/mol. The number of piperidine rings is 1. The molecule has 1 aromatic heterocycles. The van der Waals surface area contributed by atoms with Gasteiger partial charge in [0.1, 0.15) is 10.5 Å². The minimum Gasteiger partial charge on any atom is -0.462 e. The number of hydrogen-bond donors (Lipinski definition) is 2. The van der Waals surface area contributed by atoms with Gasteiger partial charge in [0.25, 0.3) is 0 Å². The fraction of sp³-hybridized carbons (Fsp3) is 0.455. The lowest BCUT2D eigenvalue weighted by atomic mass is 9.99. The van der Waals surface area contributed by atoms with Crippen LogP contribution in [0.15, 0.2) is 29.2 Å². The minimum absolute atomic E-state index is 0.0265.